The Morgan fingerprint density at radius 1 is 0.929 bits per heavy atom. The Labute approximate surface area is 163 Å². The van der Waals surface area contributed by atoms with E-state index >= 15 is 0 Å². The van der Waals surface area contributed by atoms with Crippen molar-refractivity contribution in [2.24, 2.45) is 0 Å². The lowest BCUT2D eigenvalue weighted by atomic mass is 10.1. The fourth-order valence-corrected chi connectivity index (χ4v) is 3.40. The Hall–Kier alpha value is -3.60. The zero-order valence-electron chi connectivity index (χ0n) is 15.9. The molecule has 0 aromatic heterocycles. The van der Waals surface area contributed by atoms with Crippen LogP contribution in [0, 0.1) is 13.8 Å². The van der Waals surface area contributed by atoms with E-state index in [0.717, 1.165) is 16.8 Å². The van der Waals surface area contributed by atoms with Gasteiger partial charge < -0.3 is 15.0 Å². The summed E-state index contributed by atoms with van der Waals surface area (Å²) in [6, 6.07) is 18.1. The highest BCUT2D eigenvalue weighted by Crippen LogP contribution is 2.38. The first kappa shape index (κ1) is 17.8. The molecule has 0 saturated carbocycles. The molecule has 0 radical (unpaired) electrons. The van der Waals surface area contributed by atoms with Gasteiger partial charge in [-0.15, -0.1) is 0 Å². The van der Waals surface area contributed by atoms with Gasteiger partial charge in [0.15, 0.2) is 5.75 Å². The SMILES string of the molecule is Cc1cc(C)cc(NC(=O)c2ccc3c(c2)N(C)C(=O)c2ccccc2O3)c1. The number of hydrogen-bond acceptors (Lipinski definition) is 3. The van der Waals surface area contributed by atoms with Crippen LogP contribution in [0.5, 0.6) is 11.5 Å². The molecule has 0 spiro atoms. The van der Waals surface area contributed by atoms with Crippen molar-refractivity contribution in [2.45, 2.75) is 13.8 Å². The molecule has 3 aromatic rings. The first-order chi connectivity index (χ1) is 13.4. The van der Waals surface area contributed by atoms with Crippen molar-refractivity contribution in [3.63, 3.8) is 0 Å². The average molecular weight is 372 g/mol. The number of rotatable bonds is 2. The van der Waals surface area contributed by atoms with Crippen LogP contribution in [0.15, 0.2) is 60.7 Å². The van der Waals surface area contributed by atoms with Gasteiger partial charge in [0.25, 0.3) is 11.8 Å². The number of carbonyl (C=O) groups excluding carboxylic acids is 2. The van der Waals surface area contributed by atoms with Gasteiger partial charge in [0.1, 0.15) is 5.75 Å². The highest BCUT2D eigenvalue weighted by atomic mass is 16.5. The van der Waals surface area contributed by atoms with Crippen molar-refractivity contribution >= 4 is 23.2 Å². The highest BCUT2D eigenvalue weighted by Gasteiger charge is 2.26. The average Bonchev–Trinajstić information content (AvgIpc) is 2.76. The molecule has 5 heteroatoms. The van der Waals surface area contributed by atoms with Crippen LogP contribution in [0.2, 0.25) is 0 Å². The number of para-hydroxylation sites is 1. The van der Waals surface area contributed by atoms with Crippen LogP contribution in [0.3, 0.4) is 0 Å². The Kier molecular flexibility index (Phi) is 4.35. The standard InChI is InChI=1S/C23H20N2O3/c1-14-10-15(2)12-17(11-14)24-22(26)16-8-9-21-19(13-16)25(3)23(27)18-6-4-5-7-20(18)28-21/h4-13H,1-3H3,(H,24,26). The maximum atomic E-state index is 12.8. The predicted octanol–water partition coefficient (Wildman–Crippen LogP) is 4.94. The van der Waals surface area contributed by atoms with Gasteiger partial charge in [-0.25, -0.2) is 0 Å². The smallest absolute Gasteiger partial charge is 0.261 e. The molecule has 0 unspecified atom stereocenters. The predicted molar refractivity (Wildman–Crippen MR) is 110 cm³/mol. The molecule has 140 valence electrons. The maximum Gasteiger partial charge on any atom is 0.261 e. The van der Waals surface area contributed by atoms with E-state index in [-0.39, 0.29) is 11.8 Å². The molecule has 28 heavy (non-hydrogen) atoms. The summed E-state index contributed by atoms with van der Waals surface area (Å²) >= 11 is 0. The van der Waals surface area contributed by atoms with Crippen molar-refractivity contribution in [3.05, 3.63) is 82.9 Å². The number of ether oxygens (including phenoxy) is 1. The molecular formula is C23H20N2O3. The van der Waals surface area contributed by atoms with Crippen molar-refractivity contribution in [2.75, 3.05) is 17.3 Å². The number of carbonyl (C=O) groups is 2. The monoisotopic (exact) mass is 372 g/mol. The number of nitrogens with zero attached hydrogens (tertiary/aromatic N) is 1. The third kappa shape index (κ3) is 3.22. The quantitative estimate of drug-likeness (QED) is 0.693. The third-order valence-corrected chi connectivity index (χ3v) is 4.70. The minimum absolute atomic E-state index is 0.179. The summed E-state index contributed by atoms with van der Waals surface area (Å²) in [5, 5.41) is 2.92. The first-order valence-corrected chi connectivity index (χ1v) is 9.01. The fourth-order valence-electron chi connectivity index (χ4n) is 3.40. The van der Waals surface area contributed by atoms with E-state index < -0.39 is 0 Å². The van der Waals surface area contributed by atoms with E-state index in [1.165, 1.54) is 4.90 Å². The van der Waals surface area contributed by atoms with Crippen LogP contribution >= 0.6 is 0 Å². The molecule has 0 saturated heterocycles. The van der Waals surface area contributed by atoms with Crippen molar-refractivity contribution in [1.29, 1.82) is 0 Å². The molecular weight excluding hydrogens is 352 g/mol. The molecule has 4 rings (SSSR count). The van der Waals surface area contributed by atoms with Gasteiger partial charge in [0.05, 0.1) is 11.3 Å². The topological polar surface area (TPSA) is 58.6 Å². The molecule has 0 bridgehead atoms. The van der Waals surface area contributed by atoms with E-state index in [2.05, 4.69) is 5.32 Å². The minimum atomic E-state index is -0.240. The number of amides is 2. The van der Waals surface area contributed by atoms with E-state index in [9.17, 15) is 9.59 Å². The Morgan fingerprint density at radius 3 is 2.39 bits per heavy atom. The molecule has 0 aliphatic carbocycles. The summed E-state index contributed by atoms with van der Waals surface area (Å²) in [6.45, 7) is 3.97. The molecule has 0 atom stereocenters. The number of aryl methyl sites for hydroxylation is 2. The second-order valence-electron chi connectivity index (χ2n) is 6.98. The molecule has 0 fully saturated rings. The largest absolute Gasteiger partial charge is 0.454 e. The summed E-state index contributed by atoms with van der Waals surface area (Å²) in [7, 11) is 1.68. The lowest BCUT2D eigenvalue weighted by Crippen LogP contribution is -2.25. The fraction of sp³-hybridized carbons (Fsp3) is 0.130. The van der Waals surface area contributed by atoms with Crippen molar-refractivity contribution in [1.82, 2.24) is 0 Å². The van der Waals surface area contributed by atoms with Crippen molar-refractivity contribution in [3.8, 4) is 11.5 Å². The minimum Gasteiger partial charge on any atom is -0.454 e. The van der Waals surface area contributed by atoms with Gasteiger partial charge in [-0.05, 0) is 67.4 Å². The summed E-state index contributed by atoms with van der Waals surface area (Å²) in [4.78, 5) is 27.1. The third-order valence-electron chi connectivity index (χ3n) is 4.70. The Morgan fingerprint density at radius 2 is 1.64 bits per heavy atom. The lowest BCUT2D eigenvalue weighted by Gasteiger charge is -2.17. The molecule has 1 N–H and O–H groups in total. The number of anilines is 2. The van der Waals surface area contributed by atoms with E-state index in [1.54, 1.807) is 43.4 Å². The first-order valence-electron chi connectivity index (χ1n) is 9.01. The summed E-state index contributed by atoms with van der Waals surface area (Å²) < 4.78 is 5.93. The molecule has 1 aliphatic heterocycles. The second-order valence-corrected chi connectivity index (χ2v) is 6.98. The molecule has 5 nitrogen and oxygen atoms in total. The van der Waals surface area contributed by atoms with Gasteiger partial charge in [-0.1, -0.05) is 18.2 Å². The van der Waals surface area contributed by atoms with Gasteiger partial charge >= 0.3 is 0 Å². The normalized spacial score (nSPS) is 12.5. The van der Waals surface area contributed by atoms with Crippen LogP contribution in [-0.4, -0.2) is 18.9 Å². The van der Waals surface area contributed by atoms with Crippen LogP contribution < -0.4 is 15.0 Å². The molecule has 2 amide bonds. The Bertz CT molecular complexity index is 1080. The lowest BCUT2D eigenvalue weighted by molar-refractivity contribution is 0.0990. The molecule has 3 aromatic carbocycles. The number of fused-ring (bicyclic) bond motifs is 2. The Balaban J connectivity index is 1.67. The summed E-state index contributed by atoms with van der Waals surface area (Å²) in [6.07, 6.45) is 0. The highest BCUT2D eigenvalue weighted by molar-refractivity contribution is 6.11. The van der Waals surface area contributed by atoms with Crippen LogP contribution in [0.1, 0.15) is 31.8 Å². The van der Waals surface area contributed by atoms with Crippen LogP contribution in [0.4, 0.5) is 11.4 Å². The zero-order valence-corrected chi connectivity index (χ0v) is 15.9. The second kappa shape index (κ2) is 6.85. The van der Waals surface area contributed by atoms with Crippen LogP contribution in [0.25, 0.3) is 0 Å². The number of benzene rings is 3. The zero-order chi connectivity index (χ0) is 19.8. The van der Waals surface area contributed by atoms with E-state index in [4.69, 9.17) is 4.74 Å². The van der Waals surface area contributed by atoms with E-state index in [1.807, 2.05) is 38.1 Å². The van der Waals surface area contributed by atoms with Crippen molar-refractivity contribution < 1.29 is 14.3 Å². The van der Waals surface area contributed by atoms with Gasteiger partial charge in [0, 0.05) is 18.3 Å². The summed E-state index contributed by atoms with van der Waals surface area (Å²) in [5.41, 5.74) is 4.39. The maximum absolute atomic E-state index is 12.8. The molecule has 1 aliphatic rings. The van der Waals surface area contributed by atoms with Gasteiger partial charge in [0.2, 0.25) is 0 Å². The van der Waals surface area contributed by atoms with E-state index in [0.29, 0.717) is 28.3 Å². The van der Waals surface area contributed by atoms with Gasteiger partial charge in [-0.2, -0.15) is 0 Å². The van der Waals surface area contributed by atoms with Crippen LogP contribution in [-0.2, 0) is 0 Å². The summed E-state index contributed by atoms with van der Waals surface area (Å²) in [5.74, 6) is 0.617. The number of hydrogen-bond donors (Lipinski definition) is 1. The van der Waals surface area contributed by atoms with Gasteiger partial charge in [-0.3, -0.25) is 9.59 Å². The molecule has 1 heterocycles. The number of nitrogens with one attached hydrogen (secondary N) is 1.